The van der Waals surface area contributed by atoms with Crippen LogP contribution in [0.15, 0.2) is 30.3 Å². The van der Waals surface area contributed by atoms with Crippen molar-refractivity contribution in [3.05, 3.63) is 35.9 Å². The summed E-state index contributed by atoms with van der Waals surface area (Å²) in [6.07, 6.45) is 0.975. The first-order chi connectivity index (χ1) is 13.4. The highest BCUT2D eigenvalue weighted by molar-refractivity contribution is 5.71. The van der Waals surface area contributed by atoms with Crippen LogP contribution in [-0.4, -0.2) is 44.3 Å². The van der Waals surface area contributed by atoms with E-state index in [0.29, 0.717) is 13.0 Å². The van der Waals surface area contributed by atoms with E-state index in [-0.39, 0.29) is 51.2 Å². The van der Waals surface area contributed by atoms with Crippen molar-refractivity contribution in [2.24, 2.45) is 5.41 Å². The summed E-state index contributed by atoms with van der Waals surface area (Å²) < 4.78 is 21.2. The van der Waals surface area contributed by atoms with Crippen molar-refractivity contribution in [3.63, 3.8) is 0 Å². The van der Waals surface area contributed by atoms with Gasteiger partial charge in [0, 0.05) is 12.8 Å². The van der Waals surface area contributed by atoms with Gasteiger partial charge in [-0.15, -0.1) is 0 Å². The zero-order valence-corrected chi connectivity index (χ0v) is 16.9. The molecule has 0 aliphatic heterocycles. The second-order valence-electron chi connectivity index (χ2n) is 6.52. The number of esters is 3. The number of hydrogen-bond donors (Lipinski definition) is 0. The molecule has 0 heterocycles. The highest BCUT2D eigenvalue weighted by Gasteiger charge is 2.34. The molecule has 0 radical (unpaired) electrons. The molecule has 1 rings (SSSR count). The minimum atomic E-state index is -0.787. The minimum absolute atomic E-state index is 0.00528. The summed E-state index contributed by atoms with van der Waals surface area (Å²) in [7, 11) is 0. The van der Waals surface area contributed by atoms with E-state index in [1.807, 2.05) is 37.3 Å². The maximum absolute atomic E-state index is 12.0. The summed E-state index contributed by atoms with van der Waals surface area (Å²) in [6.45, 7) is 5.32. The van der Waals surface area contributed by atoms with Gasteiger partial charge < -0.3 is 18.9 Å². The molecule has 7 nitrogen and oxygen atoms in total. The molecule has 0 saturated heterocycles. The molecule has 28 heavy (non-hydrogen) atoms. The Bertz CT molecular complexity index is 592. The second kappa shape index (κ2) is 12.9. The van der Waals surface area contributed by atoms with E-state index < -0.39 is 11.4 Å². The summed E-state index contributed by atoms with van der Waals surface area (Å²) in [6, 6.07) is 9.48. The van der Waals surface area contributed by atoms with Crippen LogP contribution in [0, 0.1) is 5.41 Å². The number of ether oxygens (including phenoxy) is 4. The van der Waals surface area contributed by atoms with Crippen LogP contribution in [0.2, 0.25) is 0 Å². The molecule has 0 aromatic heterocycles. The van der Waals surface area contributed by atoms with Crippen molar-refractivity contribution in [1.29, 1.82) is 0 Å². The molecule has 0 spiro atoms. The molecule has 0 unspecified atom stereocenters. The number of carbonyl (C=O) groups is 3. The standard InChI is InChI=1S/C21H30O7/c1-4-18(22)26-14-21(6-3,15-27-19(23)5-2)16-28-20(24)13-25-12-17-10-8-7-9-11-17/h7-11H,4-6,12-16H2,1-3H3. The molecule has 0 N–H and O–H groups in total. The number of benzene rings is 1. The Balaban J connectivity index is 2.55. The lowest BCUT2D eigenvalue weighted by Gasteiger charge is -2.31. The number of rotatable bonds is 13. The van der Waals surface area contributed by atoms with Crippen LogP contribution in [-0.2, 0) is 39.9 Å². The average molecular weight is 394 g/mol. The lowest BCUT2D eigenvalue weighted by atomic mass is 9.88. The molecular formula is C21H30O7. The fraction of sp³-hybridized carbons (Fsp3) is 0.571. The summed E-state index contributed by atoms with van der Waals surface area (Å²) in [5.74, 6) is -1.26. The molecule has 0 saturated carbocycles. The van der Waals surface area contributed by atoms with E-state index in [9.17, 15) is 14.4 Å². The smallest absolute Gasteiger partial charge is 0.332 e. The maximum Gasteiger partial charge on any atom is 0.332 e. The largest absolute Gasteiger partial charge is 0.465 e. The Morgan fingerprint density at radius 3 is 1.75 bits per heavy atom. The van der Waals surface area contributed by atoms with E-state index in [0.717, 1.165) is 5.56 Å². The first-order valence-electron chi connectivity index (χ1n) is 9.53. The maximum atomic E-state index is 12.0. The Morgan fingerprint density at radius 1 is 0.786 bits per heavy atom. The van der Waals surface area contributed by atoms with Gasteiger partial charge in [0.15, 0.2) is 0 Å². The third-order valence-electron chi connectivity index (χ3n) is 4.28. The third-order valence-corrected chi connectivity index (χ3v) is 4.28. The van der Waals surface area contributed by atoms with Gasteiger partial charge in [0.1, 0.15) is 26.4 Å². The Hall–Kier alpha value is -2.41. The van der Waals surface area contributed by atoms with E-state index in [2.05, 4.69) is 0 Å². The summed E-state index contributed by atoms with van der Waals surface area (Å²) in [4.78, 5) is 35.1. The molecule has 0 bridgehead atoms. The molecular weight excluding hydrogens is 364 g/mol. The first-order valence-corrected chi connectivity index (χ1v) is 9.53. The molecule has 0 aliphatic rings. The predicted octanol–water partition coefficient (Wildman–Crippen LogP) is 3.05. The first kappa shape index (κ1) is 23.6. The van der Waals surface area contributed by atoms with E-state index in [1.165, 1.54) is 0 Å². The van der Waals surface area contributed by atoms with Gasteiger partial charge in [-0.25, -0.2) is 4.79 Å². The summed E-state index contributed by atoms with van der Waals surface area (Å²) >= 11 is 0. The Morgan fingerprint density at radius 2 is 1.29 bits per heavy atom. The van der Waals surface area contributed by atoms with Crippen LogP contribution in [0.25, 0.3) is 0 Å². The van der Waals surface area contributed by atoms with Gasteiger partial charge in [0.25, 0.3) is 0 Å². The highest BCUT2D eigenvalue weighted by Crippen LogP contribution is 2.24. The average Bonchev–Trinajstić information content (AvgIpc) is 2.73. The molecule has 1 aromatic carbocycles. The summed E-state index contributed by atoms with van der Waals surface area (Å²) in [5, 5.41) is 0. The van der Waals surface area contributed by atoms with E-state index in [4.69, 9.17) is 18.9 Å². The van der Waals surface area contributed by atoms with Crippen molar-refractivity contribution in [2.75, 3.05) is 26.4 Å². The Labute approximate surface area is 166 Å². The highest BCUT2D eigenvalue weighted by atomic mass is 16.6. The van der Waals surface area contributed by atoms with Crippen molar-refractivity contribution in [3.8, 4) is 0 Å². The van der Waals surface area contributed by atoms with Gasteiger partial charge in [-0.1, -0.05) is 51.1 Å². The van der Waals surface area contributed by atoms with Crippen LogP contribution in [0.3, 0.4) is 0 Å². The van der Waals surface area contributed by atoms with Crippen LogP contribution in [0.5, 0.6) is 0 Å². The van der Waals surface area contributed by atoms with Crippen molar-refractivity contribution < 1.29 is 33.3 Å². The lowest BCUT2D eigenvalue weighted by molar-refractivity contribution is -0.164. The zero-order valence-electron chi connectivity index (χ0n) is 16.9. The van der Waals surface area contributed by atoms with Gasteiger partial charge in [0.2, 0.25) is 0 Å². The SMILES string of the molecule is CCC(=O)OCC(CC)(COC(=O)CC)COC(=O)COCc1ccccc1. The molecule has 0 atom stereocenters. The molecule has 1 aromatic rings. The Kier molecular flexibility index (Phi) is 10.9. The van der Waals surface area contributed by atoms with Crippen LogP contribution in [0.1, 0.15) is 45.6 Å². The monoisotopic (exact) mass is 394 g/mol. The van der Waals surface area contributed by atoms with E-state index in [1.54, 1.807) is 13.8 Å². The predicted molar refractivity (Wildman–Crippen MR) is 102 cm³/mol. The minimum Gasteiger partial charge on any atom is -0.465 e. The normalized spacial score (nSPS) is 11.0. The topological polar surface area (TPSA) is 88.1 Å². The summed E-state index contributed by atoms with van der Waals surface area (Å²) in [5.41, 5.74) is 0.168. The zero-order chi connectivity index (χ0) is 20.8. The van der Waals surface area contributed by atoms with Crippen LogP contribution >= 0.6 is 0 Å². The van der Waals surface area contributed by atoms with Gasteiger partial charge in [-0.3, -0.25) is 9.59 Å². The van der Waals surface area contributed by atoms with Gasteiger partial charge in [-0.2, -0.15) is 0 Å². The van der Waals surface area contributed by atoms with Crippen LogP contribution in [0.4, 0.5) is 0 Å². The second-order valence-corrected chi connectivity index (χ2v) is 6.52. The lowest BCUT2D eigenvalue weighted by Crippen LogP contribution is -2.39. The van der Waals surface area contributed by atoms with Crippen molar-refractivity contribution in [2.45, 2.75) is 46.6 Å². The van der Waals surface area contributed by atoms with Gasteiger partial charge >= 0.3 is 17.9 Å². The fourth-order valence-corrected chi connectivity index (χ4v) is 2.20. The quantitative estimate of drug-likeness (QED) is 0.375. The van der Waals surface area contributed by atoms with Crippen molar-refractivity contribution >= 4 is 17.9 Å². The number of carbonyl (C=O) groups excluding carboxylic acids is 3. The van der Waals surface area contributed by atoms with E-state index >= 15 is 0 Å². The third kappa shape index (κ3) is 8.99. The fourth-order valence-electron chi connectivity index (χ4n) is 2.20. The molecule has 156 valence electrons. The van der Waals surface area contributed by atoms with Gasteiger partial charge in [0.05, 0.1) is 12.0 Å². The molecule has 0 fully saturated rings. The van der Waals surface area contributed by atoms with Crippen LogP contribution < -0.4 is 0 Å². The number of hydrogen-bond acceptors (Lipinski definition) is 7. The molecule has 0 amide bonds. The van der Waals surface area contributed by atoms with Crippen molar-refractivity contribution in [1.82, 2.24) is 0 Å². The van der Waals surface area contributed by atoms with Gasteiger partial charge in [-0.05, 0) is 12.0 Å². The molecule has 7 heteroatoms. The molecule has 0 aliphatic carbocycles.